The highest BCUT2D eigenvalue weighted by Gasteiger charge is 2.24. The van der Waals surface area contributed by atoms with Gasteiger partial charge in [0.05, 0.1) is 0 Å². The summed E-state index contributed by atoms with van der Waals surface area (Å²) >= 11 is 0. The number of nitro groups is 1. The van der Waals surface area contributed by atoms with Gasteiger partial charge in [0.1, 0.15) is 5.52 Å². The van der Waals surface area contributed by atoms with Crippen molar-refractivity contribution in [3.05, 3.63) is 39.8 Å². The van der Waals surface area contributed by atoms with E-state index in [4.69, 9.17) is 0 Å². The minimum atomic E-state index is -0.582. The highest BCUT2D eigenvalue weighted by atomic mass is 16.6. The Bertz CT molecular complexity index is 601. The molecule has 2 rings (SSSR count). The molecule has 82 valence electrons. The van der Waals surface area contributed by atoms with E-state index in [-0.39, 0.29) is 17.4 Å². The predicted octanol–water partition coefficient (Wildman–Crippen LogP) is 1.75. The third kappa shape index (κ3) is 1.44. The van der Waals surface area contributed by atoms with Crippen molar-refractivity contribution in [1.29, 1.82) is 0 Å². The molecule has 2 aromatic rings. The Balaban J connectivity index is 2.87. The van der Waals surface area contributed by atoms with Crippen LogP contribution in [-0.2, 0) is 0 Å². The van der Waals surface area contributed by atoms with E-state index < -0.39 is 4.92 Å². The van der Waals surface area contributed by atoms with Gasteiger partial charge in [0.25, 0.3) is 5.82 Å². The molecule has 6 nitrogen and oxygen atoms in total. The molecule has 0 bridgehead atoms. The van der Waals surface area contributed by atoms with Crippen molar-refractivity contribution in [2.75, 3.05) is 0 Å². The van der Waals surface area contributed by atoms with Gasteiger partial charge in [0.2, 0.25) is 5.78 Å². The number of imidazole rings is 1. The third-order valence-electron chi connectivity index (χ3n) is 2.27. The molecule has 0 N–H and O–H groups in total. The lowest BCUT2D eigenvalue weighted by molar-refractivity contribution is -0.387. The Hall–Kier alpha value is -2.24. The van der Waals surface area contributed by atoms with Crippen molar-refractivity contribution in [2.45, 2.75) is 13.8 Å². The number of carbonyl (C=O) groups excluding carboxylic acids is 1. The van der Waals surface area contributed by atoms with Gasteiger partial charge >= 0.3 is 5.82 Å². The molecule has 6 heteroatoms. The van der Waals surface area contributed by atoms with Gasteiger partial charge in [-0.05, 0) is 34.5 Å². The van der Waals surface area contributed by atoms with Gasteiger partial charge in [0.15, 0.2) is 0 Å². The Kier molecular flexibility index (Phi) is 2.19. The molecule has 0 saturated carbocycles. The first kappa shape index (κ1) is 10.3. The SMILES string of the molecule is CC(=O)c1nc([N+](=O)[O-])c2cc(C)ccn12. The van der Waals surface area contributed by atoms with Gasteiger partial charge in [-0.2, -0.15) is 0 Å². The third-order valence-corrected chi connectivity index (χ3v) is 2.27. The molecule has 0 saturated heterocycles. The van der Waals surface area contributed by atoms with Crippen molar-refractivity contribution < 1.29 is 9.72 Å². The largest absolute Gasteiger partial charge is 0.390 e. The van der Waals surface area contributed by atoms with Crippen LogP contribution in [0.5, 0.6) is 0 Å². The van der Waals surface area contributed by atoms with Crippen molar-refractivity contribution in [3.63, 3.8) is 0 Å². The van der Waals surface area contributed by atoms with Gasteiger partial charge < -0.3 is 10.1 Å². The summed E-state index contributed by atoms with van der Waals surface area (Å²) in [5, 5.41) is 10.8. The summed E-state index contributed by atoms with van der Waals surface area (Å²) in [6.45, 7) is 3.16. The number of rotatable bonds is 2. The summed E-state index contributed by atoms with van der Waals surface area (Å²) in [7, 11) is 0. The van der Waals surface area contributed by atoms with E-state index in [1.165, 1.54) is 11.3 Å². The molecular weight excluding hydrogens is 210 g/mol. The van der Waals surface area contributed by atoms with E-state index in [2.05, 4.69) is 4.98 Å². The second-order valence-corrected chi connectivity index (χ2v) is 3.53. The lowest BCUT2D eigenvalue weighted by Crippen LogP contribution is -2.00. The molecule has 0 aliphatic heterocycles. The molecule has 0 radical (unpaired) electrons. The number of pyridine rings is 1. The highest BCUT2D eigenvalue weighted by Crippen LogP contribution is 2.21. The number of hydrogen-bond acceptors (Lipinski definition) is 4. The summed E-state index contributed by atoms with van der Waals surface area (Å²) < 4.78 is 1.44. The van der Waals surface area contributed by atoms with Crippen molar-refractivity contribution in [2.24, 2.45) is 0 Å². The molecule has 16 heavy (non-hydrogen) atoms. The van der Waals surface area contributed by atoms with Crippen molar-refractivity contribution in [3.8, 4) is 0 Å². The molecular formula is C10H9N3O3. The monoisotopic (exact) mass is 219 g/mol. The molecule has 0 spiro atoms. The first-order valence-corrected chi connectivity index (χ1v) is 4.64. The Morgan fingerprint density at radius 2 is 2.25 bits per heavy atom. The second kappa shape index (κ2) is 3.41. The fraction of sp³-hybridized carbons (Fsp3) is 0.200. The van der Waals surface area contributed by atoms with Crippen LogP contribution in [0, 0.1) is 17.0 Å². The van der Waals surface area contributed by atoms with E-state index in [1.54, 1.807) is 18.3 Å². The van der Waals surface area contributed by atoms with Gasteiger partial charge in [-0.1, -0.05) is 0 Å². The minimum absolute atomic E-state index is 0.0849. The Labute approximate surface area is 90.7 Å². The number of Topliss-reactive ketones (excluding diaryl/α,β-unsaturated/α-hetero) is 1. The molecule has 0 fully saturated rings. The molecule has 2 heterocycles. The lowest BCUT2D eigenvalue weighted by atomic mass is 10.3. The van der Waals surface area contributed by atoms with Crippen LogP contribution in [-0.4, -0.2) is 20.1 Å². The van der Waals surface area contributed by atoms with Gasteiger partial charge in [-0.3, -0.25) is 9.20 Å². The number of ketones is 1. The van der Waals surface area contributed by atoms with E-state index in [9.17, 15) is 14.9 Å². The first-order chi connectivity index (χ1) is 7.50. The standard InChI is InChI=1S/C10H9N3O3/c1-6-3-4-12-8(5-6)10(13(15)16)11-9(12)7(2)14/h3-5H,1-2H3. The Morgan fingerprint density at radius 3 is 2.81 bits per heavy atom. The fourth-order valence-corrected chi connectivity index (χ4v) is 1.56. The van der Waals surface area contributed by atoms with Crippen LogP contribution in [0.25, 0.3) is 5.52 Å². The quantitative estimate of drug-likeness (QED) is 0.438. The predicted molar refractivity (Wildman–Crippen MR) is 56.6 cm³/mol. The van der Waals surface area contributed by atoms with E-state index in [0.29, 0.717) is 5.52 Å². The maximum atomic E-state index is 11.3. The van der Waals surface area contributed by atoms with Crippen molar-refractivity contribution >= 4 is 17.1 Å². The summed E-state index contributed by atoms with van der Waals surface area (Å²) in [6, 6.07) is 3.41. The van der Waals surface area contributed by atoms with Crippen LogP contribution in [0.1, 0.15) is 23.1 Å². The van der Waals surface area contributed by atoms with Crippen LogP contribution in [0.15, 0.2) is 18.3 Å². The summed E-state index contributed by atoms with van der Waals surface area (Å²) in [5.74, 6) is -0.498. The van der Waals surface area contributed by atoms with E-state index in [0.717, 1.165) is 5.56 Å². The zero-order valence-electron chi connectivity index (χ0n) is 8.80. The van der Waals surface area contributed by atoms with E-state index >= 15 is 0 Å². The summed E-state index contributed by atoms with van der Waals surface area (Å²) in [4.78, 5) is 25.2. The molecule has 0 aliphatic rings. The molecule has 0 unspecified atom stereocenters. The van der Waals surface area contributed by atoms with Gasteiger partial charge in [0, 0.05) is 13.1 Å². The minimum Gasteiger partial charge on any atom is -0.358 e. The van der Waals surface area contributed by atoms with Crippen molar-refractivity contribution in [1.82, 2.24) is 9.38 Å². The maximum absolute atomic E-state index is 11.3. The van der Waals surface area contributed by atoms with Crippen LogP contribution < -0.4 is 0 Å². The lowest BCUT2D eigenvalue weighted by Gasteiger charge is -1.95. The summed E-state index contributed by atoms with van der Waals surface area (Å²) in [5.41, 5.74) is 1.22. The number of hydrogen-bond donors (Lipinski definition) is 0. The fourth-order valence-electron chi connectivity index (χ4n) is 1.56. The smallest absolute Gasteiger partial charge is 0.358 e. The van der Waals surface area contributed by atoms with Crippen LogP contribution in [0.3, 0.4) is 0 Å². The highest BCUT2D eigenvalue weighted by molar-refractivity contribution is 5.92. The average molecular weight is 219 g/mol. The van der Waals surface area contributed by atoms with Crippen LogP contribution in [0.2, 0.25) is 0 Å². The number of aryl methyl sites for hydroxylation is 1. The topological polar surface area (TPSA) is 77.5 Å². The summed E-state index contributed by atoms with van der Waals surface area (Å²) in [6.07, 6.45) is 1.61. The number of fused-ring (bicyclic) bond motifs is 1. The molecule has 0 aliphatic carbocycles. The van der Waals surface area contributed by atoms with Gasteiger partial charge in [-0.15, -0.1) is 0 Å². The average Bonchev–Trinajstić information content (AvgIpc) is 2.56. The molecule has 0 aromatic carbocycles. The molecule has 0 atom stereocenters. The second-order valence-electron chi connectivity index (χ2n) is 3.53. The van der Waals surface area contributed by atoms with E-state index in [1.807, 2.05) is 6.92 Å². The first-order valence-electron chi connectivity index (χ1n) is 4.64. The molecule has 0 amide bonds. The molecule has 2 aromatic heterocycles. The Morgan fingerprint density at radius 1 is 1.56 bits per heavy atom. The number of aromatic nitrogens is 2. The normalized spacial score (nSPS) is 10.6. The number of carbonyl (C=O) groups is 1. The maximum Gasteiger partial charge on any atom is 0.390 e. The van der Waals surface area contributed by atoms with Crippen LogP contribution >= 0.6 is 0 Å². The zero-order chi connectivity index (χ0) is 11.9. The van der Waals surface area contributed by atoms with Gasteiger partial charge in [-0.25, -0.2) is 0 Å². The van der Waals surface area contributed by atoms with Crippen LogP contribution in [0.4, 0.5) is 5.82 Å². The zero-order valence-corrected chi connectivity index (χ0v) is 8.80. The number of nitrogens with zero attached hydrogens (tertiary/aromatic N) is 3.